The van der Waals surface area contributed by atoms with E-state index in [1.807, 2.05) is 12.1 Å². The zero-order chi connectivity index (χ0) is 13.4. The van der Waals surface area contributed by atoms with E-state index < -0.39 is 0 Å². The third kappa shape index (κ3) is 4.99. The first-order valence-corrected chi connectivity index (χ1v) is 7.55. The summed E-state index contributed by atoms with van der Waals surface area (Å²) in [4.78, 5) is 0. The molecule has 18 heavy (non-hydrogen) atoms. The van der Waals surface area contributed by atoms with Crippen molar-refractivity contribution in [3.63, 3.8) is 0 Å². The summed E-state index contributed by atoms with van der Waals surface area (Å²) in [5.41, 5.74) is 1.41. The molecule has 0 aliphatic rings. The van der Waals surface area contributed by atoms with Crippen molar-refractivity contribution in [1.82, 2.24) is 5.32 Å². The van der Waals surface area contributed by atoms with Crippen LogP contribution in [0.25, 0.3) is 0 Å². The van der Waals surface area contributed by atoms with Crippen LogP contribution in [0.3, 0.4) is 0 Å². The molecule has 0 amide bonds. The minimum Gasteiger partial charge on any atom is -0.316 e. The fourth-order valence-corrected chi connectivity index (χ4v) is 2.54. The van der Waals surface area contributed by atoms with Crippen molar-refractivity contribution < 1.29 is 0 Å². The van der Waals surface area contributed by atoms with Gasteiger partial charge in [-0.25, -0.2) is 0 Å². The zero-order valence-corrected chi connectivity index (χ0v) is 12.6. The molecule has 0 aromatic heterocycles. The fraction of sp³-hybridized carbons (Fsp3) is 0.625. The van der Waals surface area contributed by atoms with E-state index in [2.05, 4.69) is 38.2 Å². The topological polar surface area (TPSA) is 12.0 Å². The molecule has 0 saturated carbocycles. The van der Waals surface area contributed by atoms with Gasteiger partial charge in [0.1, 0.15) is 0 Å². The minimum atomic E-state index is 0.604. The van der Waals surface area contributed by atoms with E-state index in [4.69, 9.17) is 11.6 Å². The maximum atomic E-state index is 5.97. The molecule has 0 heterocycles. The summed E-state index contributed by atoms with van der Waals surface area (Å²) in [5, 5.41) is 4.30. The smallest absolute Gasteiger partial charge is 0.0406 e. The Balaban J connectivity index is 2.73. The summed E-state index contributed by atoms with van der Waals surface area (Å²) >= 11 is 5.97. The molecular weight excluding hydrogens is 242 g/mol. The normalized spacial score (nSPS) is 12.9. The Bertz CT molecular complexity index is 316. The molecule has 1 nitrogen and oxygen atoms in total. The van der Waals surface area contributed by atoms with Gasteiger partial charge in [-0.05, 0) is 42.5 Å². The number of hydrogen-bond acceptors (Lipinski definition) is 1. The van der Waals surface area contributed by atoms with Gasteiger partial charge in [0.25, 0.3) is 0 Å². The molecule has 0 aliphatic carbocycles. The van der Waals surface area contributed by atoms with E-state index in [-0.39, 0.29) is 0 Å². The summed E-state index contributed by atoms with van der Waals surface area (Å²) < 4.78 is 0. The van der Waals surface area contributed by atoms with Crippen LogP contribution in [0.1, 0.15) is 51.5 Å². The third-order valence-corrected chi connectivity index (χ3v) is 4.01. The molecule has 0 bridgehead atoms. The van der Waals surface area contributed by atoms with E-state index in [0.717, 1.165) is 24.0 Å². The van der Waals surface area contributed by atoms with Gasteiger partial charge in [-0.15, -0.1) is 0 Å². The predicted molar refractivity (Wildman–Crippen MR) is 81.4 cm³/mol. The average molecular weight is 268 g/mol. The number of rotatable bonds is 8. The first-order chi connectivity index (χ1) is 8.71. The van der Waals surface area contributed by atoms with Crippen LogP contribution >= 0.6 is 11.6 Å². The standard InChI is InChI=1S/C16H26ClN/c1-4-13(5-2)11-15(12-18-6-3)14-7-9-16(17)10-8-14/h7-10,13,15,18H,4-6,11-12H2,1-3H3. The van der Waals surface area contributed by atoms with Crippen LogP contribution in [0.2, 0.25) is 5.02 Å². The molecule has 0 fully saturated rings. The monoisotopic (exact) mass is 267 g/mol. The van der Waals surface area contributed by atoms with Crippen LogP contribution in [0.5, 0.6) is 0 Å². The second-order valence-electron chi connectivity index (χ2n) is 4.97. The van der Waals surface area contributed by atoms with Gasteiger partial charge in [-0.3, -0.25) is 0 Å². The van der Waals surface area contributed by atoms with E-state index in [0.29, 0.717) is 5.92 Å². The average Bonchev–Trinajstić information content (AvgIpc) is 2.40. The Morgan fingerprint density at radius 1 is 1.06 bits per heavy atom. The van der Waals surface area contributed by atoms with E-state index in [9.17, 15) is 0 Å². The summed E-state index contributed by atoms with van der Waals surface area (Å²) in [6.45, 7) is 8.85. The maximum absolute atomic E-state index is 5.97. The number of halogens is 1. The number of likely N-dealkylation sites (N-methyl/N-ethyl adjacent to an activating group) is 1. The lowest BCUT2D eigenvalue weighted by molar-refractivity contribution is 0.400. The van der Waals surface area contributed by atoms with Gasteiger partial charge >= 0.3 is 0 Å². The summed E-state index contributed by atoms with van der Waals surface area (Å²) in [7, 11) is 0. The maximum Gasteiger partial charge on any atom is 0.0406 e. The Morgan fingerprint density at radius 3 is 2.17 bits per heavy atom. The summed E-state index contributed by atoms with van der Waals surface area (Å²) in [6, 6.07) is 8.35. The van der Waals surface area contributed by atoms with Gasteiger partial charge in [-0.2, -0.15) is 0 Å². The first kappa shape index (κ1) is 15.5. The van der Waals surface area contributed by atoms with Crippen LogP contribution in [0, 0.1) is 5.92 Å². The molecule has 102 valence electrons. The van der Waals surface area contributed by atoms with E-state index in [1.165, 1.54) is 24.8 Å². The van der Waals surface area contributed by atoms with Gasteiger partial charge in [-0.1, -0.05) is 57.3 Å². The van der Waals surface area contributed by atoms with Gasteiger partial charge in [0.05, 0.1) is 0 Å². The molecule has 0 spiro atoms. The van der Waals surface area contributed by atoms with Crippen LogP contribution in [-0.4, -0.2) is 13.1 Å². The molecule has 2 heteroatoms. The third-order valence-electron chi connectivity index (χ3n) is 3.75. The lowest BCUT2D eigenvalue weighted by Crippen LogP contribution is -2.23. The Kier molecular flexibility index (Phi) is 7.38. The molecule has 0 saturated heterocycles. The lowest BCUT2D eigenvalue weighted by Gasteiger charge is -2.22. The Hall–Kier alpha value is -0.530. The highest BCUT2D eigenvalue weighted by atomic mass is 35.5. The van der Waals surface area contributed by atoms with Crippen molar-refractivity contribution in [2.24, 2.45) is 5.92 Å². The van der Waals surface area contributed by atoms with Crippen molar-refractivity contribution in [3.05, 3.63) is 34.9 Å². The molecule has 0 radical (unpaired) electrons. The largest absolute Gasteiger partial charge is 0.316 e. The molecule has 1 atom stereocenters. The Morgan fingerprint density at radius 2 is 1.67 bits per heavy atom. The van der Waals surface area contributed by atoms with Crippen molar-refractivity contribution >= 4 is 11.6 Å². The van der Waals surface area contributed by atoms with Crippen LogP contribution < -0.4 is 5.32 Å². The molecule has 1 unspecified atom stereocenters. The lowest BCUT2D eigenvalue weighted by atomic mass is 9.86. The second kappa shape index (κ2) is 8.55. The number of benzene rings is 1. The molecule has 1 aromatic carbocycles. The quantitative estimate of drug-likeness (QED) is 0.709. The van der Waals surface area contributed by atoms with Crippen molar-refractivity contribution in [3.8, 4) is 0 Å². The first-order valence-electron chi connectivity index (χ1n) is 7.17. The summed E-state index contributed by atoms with van der Waals surface area (Å²) in [5.74, 6) is 1.43. The minimum absolute atomic E-state index is 0.604. The van der Waals surface area contributed by atoms with Crippen molar-refractivity contribution in [1.29, 1.82) is 0 Å². The second-order valence-corrected chi connectivity index (χ2v) is 5.41. The van der Waals surface area contributed by atoms with Crippen molar-refractivity contribution in [2.45, 2.75) is 46.0 Å². The summed E-state index contributed by atoms with van der Waals surface area (Å²) in [6.07, 6.45) is 3.81. The van der Waals surface area contributed by atoms with Gasteiger partial charge in [0.15, 0.2) is 0 Å². The van der Waals surface area contributed by atoms with Crippen LogP contribution in [0.15, 0.2) is 24.3 Å². The number of nitrogens with one attached hydrogen (secondary N) is 1. The van der Waals surface area contributed by atoms with Crippen LogP contribution in [0.4, 0.5) is 0 Å². The van der Waals surface area contributed by atoms with Gasteiger partial charge in [0.2, 0.25) is 0 Å². The molecule has 0 aliphatic heterocycles. The number of hydrogen-bond donors (Lipinski definition) is 1. The van der Waals surface area contributed by atoms with Crippen molar-refractivity contribution in [2.75, 3.05) is 13.1 Å². The van der Waals surface area contributed by atoms with E-state index >= 15 is 0 Å². The SMILES string of the molecule is CCNCC(CC(CC)CC)c1ccc(Cl)cc1. The highest BCUT2D eigenvalue weighted by Crippen LogP contribution is 2.27. The molecule has 1 rings (SSSR count). The highest BCUT2D eigenvalue weighted by molar-refractivity contribution is 6.30. The van der Waals surface area contributed by atoms with Gasteiger partial charge in [0, 0.05) is 11.6 Å². The molecular formula is C16H26ClN. The van der Waals surface area contributed by atoms with E-state index in [1.54, 1.807) is 0 Å². The van der Waals surface area contributed by atoms with Gasteiger partial charge < -0.3 is 5.32 Å². The molecule has 1 aromatic rings. The predicted octanol–water partition coefficient (Wildman–Crippen LogP) is 4.86. The molecule has 1 N–H and O–H groups in total. The highest BCUT2D eigenvalue weighted by Gasteiger charge is 2.15. The fourth-order valence-electron chi connectivity index (χ4n) is 2.42. The zero-order valence-electron chi connectivity index (χ0n) is 11.9. The van der Waals surface area contributed by atoms with Crippen LogP contribution in [-0.2, 0) is 0 Å². The Labute approximate surface area is 117 Å².